The van der Waals surface area contributed by atoms with Gasteiger partial charge in [-0.2, -0.15) is 13.2 Å². The quantitative estimate of drug-likeness (QED) is 0.106. The lowest BCUT2D eigenvalue weighted by molar-refractivity contribution is -0.137. The Morgan fingerprint density at radius 1 is 0.744 bits per heavy atom. The summed E-state index contributed by atoms with van der Waals surface area (Å²) < 4.78 is 89.9. The predicted octanol–water partition coefficient (Wildman–Crippen LogP) is 9.58. The van der Waals surface area contributed by atoms with Gasteiger partial charge in [0.05, 0.1) is 11.3 Å². The molecule has 4 aromatic rings. The van der Waals surface area contributed by atoms with Crippen LogP contribution in [0.5, 0.6) is 0 Å². The summed E-state index contributed by atoms with van der Waals surface area (Å²) in [6.07, 6.45) is -5.00. The van der Waals surface area contributed by atoms with Gasteiger partial charge in [0.1, 0.15) is 17.5 Å². The first kappa shape index (κ1) is 36.8. The predicted molar refractivity (Wildman–Crippen MR) is 154 cm³/mol. The third-order valence-corrected chi connectivity index (χ3v) is 6.08. The number of halogens is 8. The van der Waals surface area contributed by atoms with E-state index in [0.29, 0.717) is 5.56 Å². The van der Waals surface area contributed by atoms with Crippen molar-refractivity contribution in [3.63, 3.8) is 0 Å². The van der Waals surface area contributed by atoms with E-state index in [1.807, 2.05) is 19.1 Å². The van der Waals surface area contributed by atoms with Crippen molar-refractivity contribution >= 4 is 28.3 Å². The van der Waals surface area contributed by atoms with Crippen LogP contribution >= 0.6 is 11.6 Å². The van der Waals surface area contributed by atoms with Crippen LogP contribution < -0.4 is 5.73 Å². The molecule has 43 heavy (non-hydrogen) atoms. The molecule has 0 saturated carbocycles. The highest BCUT2D eigenvalue weighted by Crippen LogP contribution is 2.30. The molecule has 0 radical (unpaired) electrons. The van der Waals surface area contributed by atoms with E-state index < -0.39 is 52.5 Å². The van der Waals surface area contributed by atoms with Crippen LogP contribution in [-0.2, 0) is 12.6 Å². The zero-order valence-electron chi connectivity index (χ0n) is 22.6. The van der Waals surface area contributed by atoms with Crippen molar-refractivity contribution in [2.75, 3.05) is 5.73 Å². The van der Waals surface area contributed by atoms with Gasteiger partial charge in [0, 0.05) is 28.7 Å². The van der Waals surface area contributed by atoms with Crippen LogP contribution in [0.2, 0.25) is 0 Å². The fourth-order valence-corrected chi connectivity index (χ4v) is 3.57. The number of hydrogen-bond acceptors (Lipinski definition) is 3. The minimum absolute atomic E-state index is 0. The number of benzene rings is 4. The number of anilines is 1. The van der Waals surface area contributed by atoms with Gasteiger partial charge in [-0.1, -0.05) is 49.4 Å². The molecular weight excluding hydrogens is 599 g/mol. The lowest BCUT2D eigenvalue weighted by atomic mass is 9.99. The Kier molecular flexibility index (Phi) is 13.6. The van der Waals surface area contributed by atoms with Crippen LogP contribution in [0, 0.1) is 44.0 Å². The molecule has 0 amide bonds. The van der Waals surface area contributed by atoms with Gasteiger partial charge in [-0.05, 0) is 74.3 Å². The molecule has 2 N–H and O–H groups in total. The Balaban J connectivity index is 0.000000366. The van der Waals surface area contributed by atoms with Crippen molar-refractivity contribution in [1.82, 2.24) is 0 Å². The van der Waals surface area contributed by atoms with Crippen LogP contribution in [0.4, 0.5) is 36.4 Å². The number of carbonyl (C=O) groups excluding carboxylic acids is 2. The summed E-state index contributed by atoms with van der Waals surface area (Å²) in [5.74, 6) is -3.50. The third kappa shape index (κ3) is 10.6. The third-order valence-electron chi connectivity index (χ3n) is 5.86. The summed E-state index contributed by atoms with van der Waals surface area (Å²) >= 11 is 5.24. The van der Waals surface area contributed by atoms with Crippen molar-refractivity contribution in [3.8, 4) is 0 Å². The molecule has 0 saturated heterocycles. The lowest BCUT2D eigenvalue weighted by Gasteiger charge is -2.09. The molecule has 230 valence electrons. The average molecular weight is 628 g/mol. The molecular formula is C32H29ClF7NO2. The van der Waals surface area contributed by atoms with E-state index in [1.165, 1.54) is 26.0 Å². The van der Waals surface area contributed by atoms with E-state index in [4.69, 9.17) is 17.3 Å². The Morgan fingerprint density at radius 2 is 1.28 bits per heavy atom. The van der Waals surface area contributed by atoms with Crippen LogP contribution in [0.1, 0.15) is 56.0 Å². The van der Waals surface area contributed by atoms with Gasteiger partial charge in [0.25, 0.3) is 5.24 Å². The molecule has 0 aromatic heterocycles. The Hall–Kier alpha value is -4.18. The molecule has 0 aliphatic heterocycles. The molecule has 4 aromatic carbocycles. The molecule has 0 atom stereocenters. The molecule has 0 spiro atoms. The number of aryl methyl sites for hydroxylation is 1. The van der Waals surface area contributed by atoms with Gasteiger partial charge in [-0.15, -0.1) is 0 Å². The lowest BCUT2D eigenvalue weighted by Crippen LogP contribution is -2.10. The monoisotopic (exact) mass is 627 g/mol. The van der Waals surface area contributed by atoms with Crippen LogP contribution in [0.3, 0.4) is 0 Å². The molecule has 0 unspecified atom stereocenters. The Bertz CT molecular complexity index is 1560. The summed E-state index contributed by atoms with van der Waals surface area (Å²) in [4.78, 5) is 22.6. The summed E-state index contributed by atoms with van der Waals surface area (Å²) in [5, 5.41) is -0.399. The minimum atomic E-state index is -4.56. The number of ketones is 1. The van der Waals surface area contributed by atoms with Gasteiger partial charge in [0.15, 0.2) is 11.6 Å². The van der Waals surface area contributed by atoms with E-state index >= 15 is 0 Å². The second-order valence-electron chi connectivity index (χ2n) is 9.04. The van der Waals surface area contributed by atoms with Crippen LogP contribution in [-0.4, -0.2) is 11.0 Å². The van der Waals surface area contributed by atoms with Crippen molar-refractivity contribution in [2.45, 2.75) is 40.8 Å². The van der Waals surface area contributed by atoms with Crippen LogP contribution in [0.15, 0.2) is 72.8 Å². The topological polar surface area (TPSA) is 60.2 Å². The summed E-state index contributed by atoms with van der Waals surface area (Å²) in [7, 11) is 0. The van der Waals surface area contributed by atoms with Gasteiger partial charge >= 0.3 is 6.18 Å². The second-order valence-corrected chi connectivity index (χ2v) is 9.39. The maximum absolute atomic E-state index is 13.8. The fraction of sp³-hybridized carbons (Fsp3) is 0.188. The number of nitrogens with two attached hydrogens (primary N) is 1. The molecule has 0 aliphatic rings. The summed E-state index contributed by atoms with van der Waals surface area (Å²) in [5.41, 5.74) is 5.31. The number of rotatable bonds is 4. The molecule has 11 heteroatoms. The van der Waals surface area contributed by atoms with Crippen LogP contribution in [0.25, 0.3) is 0 Å². The van der Waals surface area contributed by atoms with E-state index in [9.17, 15) is 40.3 Å². The zero-order valence-corrected chi connectivity index (χ0v) is 23.3. The molecule has 3 nitrogen and oxygen atoms in total. The highest BCUT2D eigenvalue weighted by atomic mass is 35.5. The molecule has 0 aliphatic carbocycles. The largest absolute Gasteiger partial charge is 0.416 e. The minimum Gasteiger partial charge on any atom is -0.396 e. The fourth-order valence-electron chi connectivity index (χ4n) is 3.45. The SMILES string of the molecule is C.Cc1c(F)ccc(CC(=O)c2cccc(C(F)(F)F)c2)c1F.Cc1c(F)ccc(N)c1F.Cc1cccc(C(=O)Cl)c1. The van der Waals surface area contributed by atoms with Crippen molar-refractivity contribution < 1.29 is 40.3 Å². The average Bonchev–Trinajstić information content (AvgIpc) is 2.94. The van der Waals surface area contributed by atoms with Gasteiger partial charge in [-0.3, -0.25) is 9.59 Å². The maximum atomic E-state index is 13.8. The van der Waals surface area contributed by atoms with Crippen molar-refractivity contribution in [3.05, 3.63) is 135 Å². The number of Topliss-reactive ketones (excluding diaryl/α,β-unsaturated/α-hetero) is 1. The normalized spacial score (nSPS) is 10.4. The van der Waals surface area contributed by atoms with Gasteiger partial charge < -0.3 is 5.73 Å². The number of carbonyl (C=O) groups is 2. The standard InChI is InChI=1S/C16H11F5O.C8H7ClO.C7H7F2N.CH4/c1-9-13(17)6-5-11(15(9)18)8-14(22)10-3-2-4-12(7-10)16(19,20)21;1-6-3-2-4-7(5-6)8(9)10;1-4-5(8)2-3-6(10)7(4)9;/h2-7H,8H2,1H3;2-5H,1H3;2-3H,10H2,1H3;1H4. The van der Waals surface area contributed by atoms with E-state index in [-0.39, 0.29) is 35.4 Å². The second kappa shape index (κ2) is 15.9. The first-order valence-electron chi connectivity index (χ1n) is 12.1. The van der Waals surface area contributed by atoms with E-state index in [2.05, 4.69) is 0 Å². The number of alkyl halides is 3. The highest BCUT2D eigenvalue weighted by molar-refractivity contribution is 6.67. The summed E-state index contributed by atoms with van der Waals surface area (Å²) in [6.45, 7) is 4.49. The van der Waals surface area contributed by atoms with E-state index in [0.717, 1.165) is 42.0 Å². The zero-order chi connectivity index (χ0) is 31.8. The smallest absolute Gasteiger partial charge is 0.396 e. The summed E-state index contributed by atoms with van der Waals surface area (Å²) in [6, 6.07) is 15.6. The number of hydrogen-bond donors (Lipinski definition) is 1. The molecule has 0 heterocycles. The van der Waals surface area contributed by atoms with E-state index in [1.54, 1.807) is 12.1 Å². The first-order valence-corrected chi connectivity index (χ1v) is 12.5. The molecule has 0 fully saturated rings. The van der Waals surface area contributed by atoms with Crippen molar-refractivity contribution in [1.29, 1.82) is 0 Å². The Morgan fingerprint density at radius 3 is 1.79 bits per heavy atom. The van der Waals surface area contributed by atoms with Gasteiger partial charge in [-0.25, -0.2) is 17.6 Å². The van der Waals surface area contributed by atoms with Crippen molar-refractivity contribution in [2.24, 2.45) is 0 Å². The Labute approximate surface area is 250 Å². The maximum Gasteiger partial charge on any atom is 0.416 e. The number of nitrogen functional groups attached to an aromatic ring is 1. The van der Waals surface area contributed by atoms with Gasteiger partial charge in [0.2, 0.25) is 0 Å². The highest BCUT2D eigenvalue weighted by Gasteiger charge is 2.31. The molecule has 4 rings (SSSR count). The molecule has 0 bridgehead atoms. The first-order chi connectivity index (χ1) is 19.5.